The SMILES string of the molecule is Cn1cc(C[C@H]2CN3C(c4ccc5ccccc5c4)=CSC3=N2)c2ccccc21. The summed E-state index contributed by atoms with van der Waals surface area (Å²) in [6.07, 6.45) is 3.24. The van der Waals surface area contributed by atoms with E-state index in [1.807, 2.05) is 0 Å². The number of amidine groups is 1. The highest BCUT2D eigenvalue weighted by molar-refractivity contribution is 8.16. The molecule has 3 heterocycles. The van der Waals surface area contributed by atoms with Crippen molar-refractivity contribution in [2.75, 3.05) is 6.54 Å². The van der Waals surface area contributed by atoms with Crippen molar-refractivity contribution >= 4 is 44.3 Å². The number of rotatable bonds is 3. The molecule has 0 N–H and O–H groups in total. The number of hydrogen-bond acceptors (Lipinski definition) is 3. The van der Waals surface area contributed by atoms with Gasteiger partial charge < -0.3 is 9.47 Å². The maximum absolute atomic E-state index is 5.04. The second-order valence-electron chi connectivity index (χ2n) is 7.85. The number of aromatic nitrogens is 1. The Morgan fingerprint density at radius 1 is 1.00 bits per heavy atom. The molecule has 0 amide bonds. The molecule has 1 atom stereocenters. The van der Waals surface area contributed by atoms with E-state index >= 15 is 0 Å². The van der Waals surface area contributed by atoms with E-state index in [1.165, 1.54) is 38.5 Å². The molecule has 0 fully saturated rings. The molecule has 2 aliphatic heterocycles. The minimum Gasteiger partial charge on any atom is -0.350 e. The lowest BCUT2D eigenvalue weighted by atomic mass is 10.0. The average Bonchev–Trinajstić information content (AvgIpc) is 3.41. The van der Waals surface area contributed by atoms with E-state index in [4.69, 9.17) is 4.99 Å². The van der Waals surface area contributed by atoms with Crippen LogP contribution in [0.3, 0.4) is 0 Å². The third-order valence-corrected chi connectivity index (χ3v) is 6.84. The lowest BCUT2D eigenvalue weighted by Gasteiger charge is -2.19. The number of benzene rings is 3. The summed E-state index contributed by atoms with van der Waals surface area (Å²) >= 11 is 1.75. The fourth-order valence-corrected chi connectivity index (χ4v) is 5.54. The Morgan fingerprint density at radius 3 is 2.76 bits per heavy atom. The van der Waals surface area contributed by atoms with Crippen LogP contribution >= 0.6 is 11.8 Å². The highest BCUT2D eigenvalue weighted by Gasteiger charge is 2.32. The molecule has 0 saturated heterocycles. The number of aryl methyl sites for hydroxylation is 1. The van der Waals surface area contributed by atoms with Gasteiger partial charge in [0.25, 0.3) is 0 Å². The zero-order chi connectivity index (χ0) is 19.4. The first-order valence-electron chi connectivity index (χ1n) is 10.0. The second-order valence-corrected chi connectivity index (χ2v) is 8.68. The first kappa shape index (κ1) is 16.9. The van der Waals surface area contributed by atoms with Gasteiger partial charge in [-0.25, -0.2) is 0 Å². The lowest BCUT2D eigenvalue weighted by molar-refractivity contribution is 0.558. The van der Waals surface area contributed by atoms with Gasteiger partial charge in [0.1, 0.15) is 0 Å². The molecule has 0 radical (unpaired) electrons. The van der Waals surface area contributed by atoms with Crippen molar-refractivity contribution < 1.29 is 0 Å². The largest absolute Gasteiger partial charge is 0.350 e. The van der Waals surface area contributed by atoms with Crippen molar-refractivity contribution in [3.8, 4) is 0 Å². The summed E-state index contributed by atoms with van der Waals surface area (Å²) < 4.78 is 2.23. The maximum atomic E-state index is 5.04. The second kappa shape index (κ2) is 6.53. The highest BCUT2D eigenvalue weighted by atomic mass is 32.2. The smallest absolute Gasteiger partial charge is 0.168 e. The Balaban J connectivity index is 1.27. The lowest BCUT2D eigenvalue weighted by Crippen LogP contribution is -2.24. The Labute approximate surface area is 174 Å². The van der Waals surface area contributed by atoms with Crippen molar-refractivity contribution in [1.82, 2.24) is 9.47 Å². The molecule has 0 aliphatic carbocycles. The summed E-state index contributed by atoms with van der Waals surface area (Å²) in [5.74, 6) is 0. The van der Waals surface area contributed by atoms with Crippen LogP contribution in [0.5, 0.6) is 0 Å². The van der Waals surface area contributed by atoms with Gasteiger partial charge in [-0.05, 0) is 40.5 Å². The van der Waals surface area contributed by atoms with Crippen LogP contribution in [0.1, 0.15) is 11.1 Å². The molecule has 6 rings (SSSR count). The summed E-state index contributed by atoms with van der Waals surface area (Å²) in [7, 11) is 2.13. The van der Waals surface area contributed by atoms with E-state index in [9.17, 15) is 0 Å². The van der Waals surface area contributed by atoms with Crippen LogP contribution in [-0.4, -0.2) is 27.2 Å². The number of fused-ring (bicyclic) bond motifs is 3. The van der Waals surface area contributed by atoms with Crippen molar-refractivity contribution in [3.63, 3.8) is 0 Å². The summed E-state index contributed by atoms with van der Waals surface area (Å²) in [5, 5.41) is 7.30. The van der Waals surface area contributed by atoms with E-state index in [-0.39, 0.29) is 0 Å². The molecule has 4 heteroatoms. The third-order valence-electron chi connectivity index (χ3n) is 5.96. The van der Waals surface area contributed by atoms with Gasteiger partial charge in [-0.15, -0.1) is 0 Å². The highest BCUT2D eigenvalue weighted by Crippen LogP contribution is 2.38. The van der Waals surface area contributed by atoms with Gasteiger partial charge in [-0.2, -0.15) is 0 Å². The number of nitrogens with zero attached hydrogens (tertiary/aromatic N) is 3. The first-order valence-corrected chi connectivity index (χ1v) is 10.9. The number of hydrogen-bond donors (Lipinski definition) is 0. The van der Waals surface area contributed by atoms with Crippen LogP contribution in [-0.2, 0) is 13.5 Å². The predicted molar refractivity (Wildman–Crippen MR) is 124 cm³/mol. The normalized spacial score (nSPS) is 18.4. The number of aliphatic imine (C=N–C) groups is 1. The van der Waals surface area contributed by atoms with Crippen molar-refractivity contribution in [2.24, 2.45) is 12.0 Å². The molecule has 3 nitrogen and oxygen atoms in total. The molecule has 142 valence electrons. The molecule has 0 unspecified atom stereocenters. The Hall–Kier alpha value is -2.98. The van der Waals surface area contributed by atoms with E-state index < -0.39 is 0 Å². The third kappa shape index (κ3) is 2.78. The molecule has 0 saturated carbocycles. The molecule has 1 aromatic heterocycles. The number of thioether (sulfide) groups is 1. The van der Waals surface area contributed by atoms with Gasteiger partial charge in [0, 0.05) is 36.1 Å². The molecular weight excluding hydrogens is 374 g/mol. The van der Waals surface area contributed by atoms with Crippen molar-refractivity contribution in [2.45, 2.75) is 12.5 Å². The van der Waals surface area contributed by atoms with Gasteiger partial charge in [-0.3, -0.25) is 4.99 Å². The van der Waals surface area contributed by atoms with E-state index in [2.05, 4.69) is 94.8 Å². The van der Waals surface area contributed by atoms with Crippen molar-refractivity contribution in [1.29, 1.82) is 0 Å². The van der Waals surface area contributed by atoms with Crippen LogP contribution in [0.15, 0.2) is 83.3 Å². The van der Waals surface area contributed by atoms with Gasteiger partial charge in [0.15, 0.2) is 5.17 Å². The van der Waals surface area contributed by atoms with E-state index in [1.54, 1.807) is 11.8 Å². The Kier molecular flexibility index (Phi) is 3.81. The first-order chi connectivity index (χ1) is 14.3. The molecule has 0 bridgehead atoms. The molecule has 4 aromatic rings. The standard InChI is InChI=1S/C25H21N3S/c1-27-14-20(22-8-4-5-9-23(22)27)13-21-15-28-24(16-29-25(28)26-21)19-11-10-17-6-2-3-7-18(17)12-19/h2-12,14,16,21H,13,15H2,1H3/t21-/m0/s1. The van der Waals surface area contributed by atoms with Gasteiger partial charge in [0.05, 0.1) is 11.7 Å². The van der Waals surface area contributed by atoms with Crippen LogP contribution < -0.4 is 0 Å². The van der Waals surface area contributed by atoms with Gasteiger partial charge >= 0.3 is 0 Å². The Morgan fingerprint density at radius 2 is 1.83 bits per heavy atom. The molecule has 2 aliphatic rings. The molecular formula is C25H21N3S. The minimum absolute atomic E-state index is 0.299. The topological polar surface area (TPSA) is 20.5 Å². The van der Waals surface area contributed by atoms with Gasteiger partial charge in [-0.1, -0.05) is 66.4 Å². The summed E-state index contributed by atoms with van der Waals surface area (Å²) in [5.41, 5.74) is 5.23. The summed E-state index contributed by atoms with van der Waals surface area (Å²) in [4.78, 5) is 7.44. The van der Waals surface area contributed by atoms with Crippen LogP contribution in [0, 0.1) is 0 Å². The van der Waals surface area contributed by atoms with Crippen molar-refractivity contribution in [3.05, 3.63) is 89.5 Å². The minimum atomic E-state index is 0.299. The fraction of sp³-hybridized carbons (Fsp3) is 0.160. The quantitative estimate of drug-likeness (QED) is 0.446. The molecule has 29 heavy (non-hydrogen) atoms. The fourth-order valence-electron chi connectivity index (χ4n) is 4.55. The van der Waals surface area contributed by atoms with E-state index in [0.717, 1.165) is 18.1 Å². The predicted octanol–water partition coefficient (Wildman–Crippen LogP) is 5.66. The summed E-state index contributed by atoms with van der Waals surface area (Å²) in [6, 6.07) is 24.2. The van der Waals surface area contributed by atoms with Gasteiger partial charge in [0.2, 0.25) is 0 Å². The zero-order valence-electron chi connectivity index (χ0n) is 16.2. The zero-order valence-corrected chi connectivity index (χ0v) is 17.1. The van der Waals surface area contributed by atoms with Crippen LogP contribution in [0.25, 0.3) is 27.4 Å². The van der Waals surface area contributed by atoms with Crippen LogP contribution in [0.4, 0.5) is 0 Å². The summed E-state index contributed by atoms with van der Waals surface area (Å²) in [6.45, 7) is 0.949. The average molecular weight is 396 g/mol. The Bertz CT molecular complexity index is 1310. The van der Waals surface area contributed by atoms with E-state index in [0.29, 0.717) is 6.04 Å². The monoisotopic (exact) mass is 395 g/mol. The molecule has 0 spiro atoms. The number of para-hydroxylation sites is 1. The molecule has 3 aromatic carbocycles. The van der Waals surface area contributed by atoms with Crippen LogP contribution in [0.2, 0.25) is 0 Å². The maximum Gasteiger partial charge on any atom is 0.168 e.